The maximum atomic E-state index is 9.12. The zero-order valence-corrected chi connectivity index (χ0v) is 15.1. The first-order valence-corrected chi connectivity index (χ1v) is 8.94. The molecule has 0 saturated carbocycles. The number of fused-ring (bicyclic) bond motifs is 2. The predicted octanol–water partition coefficient (Wildman–Crippen LogP) is 2.83. The Hall–Kier alpha value is -1.88. The zero-order valence-electron chi connectivity index (χ0n) is 15.1. The first-order valence-electron chi connectivity index (χ1n) is 8.94. The van der Waals surface area contributed by atoms with Gasteiger partial charge in [-0.2, -0.15) is 0 Å². The zero-order chi connectivity index (χ0) is 17.8. The van der Waals surface area contributed by atoms with Crippen LogP contribution in [-0.4, -0.2) is 48.0 Å². The summed E-state index contributed by atoms with van der Waals surface area (Å²) in [5.74, 6) is 1.93. The third-order valence-corrected chi connectivity index (χ3v) is 4.84. The molecule has 2 N–H and O–H groups in total. The molecule has 2 aromatic rings. The number of aliphatic hydroxyl groups excluding tert-OH is 2. The fourth-order valence-corrected chi connectivity index (χ4v) is 3.52. The molecule has 0 fully saturated rings. The second-order valence-electron chi connectivity index (χ2n) is 6.82. The molecule has 0 saturated heterocycles. The molecule has 0 amide bonds. The molecule has 0 atom stereocenters. The average Bonchev–Trinajstić information content (AvgIpc) is 2.58. The van der Waals surface area contributed by atoms with E-state index in [1.165, 1.54) is 27.8 Å². The van der Waals surface area contributed by atoms with Crippen molar-refractivity contribution in [3.05, 3.63) is 58.1 Å². The van der Waals surface area contributed by atoms with E-state index in [1.54, 1.807) is 0 Å². The maximum Gasteiger partial charge on any atom is 0.131 e. The van der Waals surface area contributed by atoms with Crippen molar-refractivity contribution in [2.75, 3.05) is 32.8 Å². The number of aliphatic hydroxyl groups is 2. The van der Waals surface area contributed by atoms with E-state index in [-0.39, 0.29) is 13.2 Å². The molecule has 2 aromatic carbocycles. The highest BCUT2D eigenvalue weighted by Crippen LogP contribution is 2.39. The van der Waals surface area contributed by atoms with Gasteiger partial charge in [0.25, 0.3) is 0 Å². The van der Waals surface area contributed by atoms with Gasteiger partial charge in [-0.15, -0.1) is 0 Å². The molecule has 134 valence electrons. The Morgan fingerprint density at radius 3 is 2.44 bits per heavy atom. The fraction of sp³-hybridized carbons (Fsp3) is 0.429. The van der Waals surface area contributed by atoms with Crippen LogP contribution in [0.3, 0.4) is 0 Å². The molecule has 0 aromatic heterocycles. The lowest BCUT2D eigenvalue weighted by atomic mass is 9.93. The summed E-state index contributed by atoms with van der Waals surface area (Å²) in [6, 6.07) is 10.7. The monoisotopic (exact) mass is 341 g/mol. The molecule has 1 aliphatic rings. The smallest absolute Gasteiger partial charge is 0.131 e. The standard InChI is InChI=1S/C21H27NO3/c1-15-11-16(2)19-14-18-13-17(3-4-20(18)25-21(19)12-15)5-6-22(7-9-23)8-10-24/h3-4,11-13,23-24H,5-10,14H2,1-2H3. The molecular formula is C21H27NO3. The van der Waals surface area contributed by atoms with Gasteiger partial charge in [0, 0.05) is 31.6 Å². The van der Waals surface area contributed by atoms with Gasteiger partial charge < -0.3 is 14.9 Å². The fourth-order valence-electron chi connectivity index (χ4n) is 3.52. The number of ether oxygens (including phenoxy) is 1. The predicted molar refractivity (Wildman–Crippen MR) is 99.6 cm³/mol. The maximum absolute atomic E-state index is 9.12. The van der Waals surface area contributed by atoms with Crippen LogP contribution in [0.15, 0.2) is 30.3 Å². The Bertz CT molecular complexity index is 736. The number of hydrogen-bond acceptors (Lipinski definition) is 4. The lowest BCUT2D eigenvalue weighted by Crippen LogP contribution is -2.31. The van der Waals surface area contributed by atoms with E-state index in [0.717, 1.165) is 30.9 Å². The summed E-state index contributed by atoms with van der Waals surface area (Å²) in [6.07, 6.45) is 1.80. The minimum Gasteiger partial charge on any atom is -0.457 e. The average molecular weight is 341 g/mol. The molecule has 25 heavy (non-hydrogen) atoms. The molecule has 1 aliphatic heterocycles. The van der Waals surface area contributed by atoms with Crippen LogP contribution < -0.4 is 4.74 Å². The third kappa shape index (κ3) is 4.21. The van der Waals surface area contributed by atoms with E-state index in [4.69, 9.17) is 14.9 Å². The van der Waals surface area contributed by atoms with Crippen molar-refractivity contribution in [2.45, 2.75) is 26.7 Å². The topological polar surface area (TPSA) is 52.9 Å². The minimum atomic E-state index is 0.119. The van der Waals surface area contributed by atoms with Crippen LogP contribution in [0, 0.1) is 13.8 Å². The minimum absolute atomic E-state index is 0.119. The summed E-state index contributed by atoms with van der Waals surface area (Å²) in [5, 5.41) is 18.2. The molecule has 3 rings (SSSR count). The highest BCUT2D eigenvalue weighted by atomic mass is 16.5. The second-order valence-corrected chi connectivity index (χ2v) is 6.82. The third-order valence-electron chi connectivity index (χ3n) is 4.84. The van der Waals surface area contributed by atoms with E-state index < -0.39 is 0 Å². The summed E-state index contributed by atoms with van der Waals surface area (Å²) in [6.45, 7) is 6.50. The number of hydrogen-bond donors (Lipinski definition) is 2. The van der Waals surface area contributed by atoms with Crippen LogP contribution in [0.4, 0.5) is 0 Å². The first-order chi connectivity index (χ1) is 12.1. The number of nitrogens with zero attached hydrogens (tertiary/aromatic N) is 1. The summed E-state index contributed by atoms with van der Waals surface area (Å²) >= 11 is 0. The second kappa shape index (κ2) is 8.00. The van der Waals surface area contributed by atoms with Gasteiger partial charge in [0.1, 0.15) is 11.5 Å². The molecule has 0 spiro atoms. The molecule has 1 heterocycles. The van der Waals surface area contributed by atoms with E-state index >= 15 is 0 Å². The molecule has 4 nitrogen and oxygen atoms in total. The SMILES string of the molecule is Cc1cc(C)c2c(c1)Oc1ccc(CCN(CCO)CCO)cc1C2. The van der Waals surface area contributed by atoms with Crippen molar-refractivity contribution in [2.24, 2.45) is 0 Å². The quantitative estimate of drug-likeness (QED) is 0.694. The van der Waals surface area contributed by atoms with Gasteiger partial charge in [0.15, 0.2) is 0 Å². The Balaban J connectivity index is 1.73. The number of benzene rings is 2. The molecule has 0 unspecified atom stereocenters. The molecule has 0 aliphatic carbocycles. The van der Waals surface area contributed by atoms with Crippen LogP contribution in [0.25, 0.3) is 0 Å². The van der Waals surface area contributed by atoms with Crippen LogP contribution >= 0.6 is 0 Å². The van der Waals surface area contributed by atoms with Crippen LogP contribution in [0.1, 0.15) is 27.8 Å². The highest BCUT2D eigenvalue weighted by molar-refractivity contribution is 5.54. The van der Waals surface area contributed by atoms with E-state index in [9.17, 15) is 0 Å². The summed E-state index contributed by atoms with van der Waals surface area (Å²) in [5.41, 5.74) is 6.27. The van der Waals surface area contributed by atoms with Gasteiger partial charge in [-0.3, -0.25) is 4.90 Å². The molecular weight excluding hydrogens is 314 g/mol. The van der Waals surface area contributed by atoms with Crippen molar-refractivity contribution in [1.29, 1.82) is 0 Å². The van der Waals surface area contributed by atoms with E-state index in [2.05, 4.69) is 49.1 Å². The van der Waals surface area contributed by atoms with E-state index in [1.807, 2.05) is 0 Å². The molecule has 0 radical (unpaired) electrons. The summed E-state index contributed by atoms with van der Waals surface area (Å²) in [4.78, 5) is 2.08. The van der Waals surface area contributed by atoms with Gasteiger partial charge in [-0.05, 0) is 54.7 Å². The normalized spacial score (nSPS) is 12.7. The summed E-state index contributed by atoms with van der Waals surface area (Å²) < 4.78 is 6.12. The van der Waals surface area contributed by atoms with Crippen LogP contribution in [-0.2, 0) is 12.8 Å². The van der Waals surface area contributed by atoms with Crippen molar-refractivity contribution in [1.82, 2.24) is 4.90 Å². The number of rotatable bonds is 7. The van der Waals surface area contributed by atoms with Gasteiger partial charge in [0.05, 0.1) is 13.2 Å². The Morgan fingerprint density at radius 2 is 1.72 bits per heavy atom. The van der Waals surface area contributed by atoms with Crippen LogP contribution in [0.5, 0.6) is 11.5 Å². The Kier molecular flexibility index (Phi) is 5.74. The van der Waals surface area contributed by atoms with Gasteiger partial charge >= 0.3 is 0 Å². The first kappa shape index (κ1) is 17.9. The Labute approximate surface area is 149 Å². The van der Waals surface area contributed by atoms with Crippen LogP contribution in [0.2, 0.25) is 0 Å². The lowest BCUT2D eigenvalue weighted by Gasteiger charge is -2.24. The van der Waals surface area contributed by atoms with Crippen molar-refractivity contribution < 1.29 is 14.9 Å². The van der Waals surface area contributed by atoms with Crippen molar-refractivity contribution >= 4 is 0 Å². The number of aryl methyl sites for hydroxylation is 2. The molecule has 0 bridgehead atoms. The van der Waals surface area contributed by atoms with Gasteiger partial charge in [0.2, 0.25) is 0 Å². The van der Waals surface area contributed by atoms with Crippen molar-refractivity contribution in [3.8, 4) is 11.5 Å². The lowest BCUT2D eigenvalue weighted by molar-refractivity contribution is 0.162. The summed E-state index contributed by atoms with van der Waals surface area (Å²) in [7, 11) is 0. The highest BCUT2D eigenvalue weighted by Gasteiger charge is 2.19. The van der Waals surface area contributed by atoms with Crippen molar-refractivity contribution in [3.63, 3.8) is 0 Å². The van der Waals surface area contributed by atoms with Gasteiger partial charge in [-0.1, -0.05) is 18.2 Å². The van der Waals surface area contributed by atoms with E-state index in [0.29, 0.717) is 13.1 Å². The van der Waals surface area contributed by atoms with Gasteiger partial charge in [-0.25, -0.2) is 0 Å². The largest absolute Gasteiger partial charge is 0.457 e. The molecule has 4 heteroatoms. The Morgan fingerprint density at radius 1 is 0.960 bits per heavy atom.